The van der Waals surface area contributed by atoms with Crippen LogP contribution < -0.4 is 0 Å². The van der Waals surface area contributed by atoms with Crippen molar-refractivity contribution in [1.29, 1.82) is 0 Å². The highest BCUT2D eigenvalue weighted by Gasteiger charge is 2.28. The number of nitrogens with zero attached hydrogens (tertiary/aromatic N) is 2. The Morgan fingerprint density at radius 3 is 1.29 bits per heavy atom. The van der Waals surface area contributed by atoms with Gasteiger partial charge in [0.15, 0.2) is 0 Å². The van der Waals surface area contributed by atoms with Gasteiger partial charge in [-0.2, -0.15) is 0 Å². The highest BCUT2D eigenvalue weighted by Crippen LogP contribution is 2.57. The zero-order valence-electron chi connectivity index (χ0n) is 10.4. The first-order chi connectivity index (χ1) is 7.85. The lowest BCUT2D eigenvalue weighted by molar-refractivity contribution is 0.569. The minimum Gasteiger partial charge on any atom is -0.271 e. The highest BCUT2D eigenvalue weighted by atomic mass is 35.7. The summed E-state index contributed by atoms with van der Waals surface area (Å²) >= 11 is 6.37. The lowest BCUT2D eigenvalue weighted by Gasteiger charge is -2.21. The van der Waals surface area contributed by atoms with Crippen LogP contribution >= 0.6 is 18.0 Å². The van der Waals surface area contributed by atoms with Gasteiger partial charge in [0.25, 0.3) is 0 Å². The Hall–Kier alpha value is -0.920. The summed E-state index contributed by atoms with van der Waals surface area (Å²) in [7, 11) is 0. The summed E-state index contributed by atoms with van der Waals surface area (Å²) in [5, 5.41) is 0. The average Bonchev–Trinajstić information content (AvgIpc) is 2.71. The molecule has 0 radical (unpaired) electrons. The molecule has 2 heterocycles. The molecule has 0 amide bonds. The minimum absolute atomic E-state index is 0.910. The number of halogens is 1. The van der Waals surface area contributed by atoms with E-state index < -0.39 is 6.80 Å². The molecule has 0 atom stereocenters. The van der Waals surface area contributed by atoms with Crippen LogP contribution in [-0.4, -0.2) is 8.68 Å². The molecule has 0 saturated carbocycles. The van der Waals surface area contributed by atoms with E-state index in [9.17, 15) is 4.57 Å². The number of rotatable bonds is 2. The third-order valence-corrected chi connectivity index (χ3v) is 6.12. The summed E-state index contributed by atoms with van der Waals surface area (Å²) < 4.78 is 16.3. The zero-order chi connectivity index (χ0) is 12.8. The van der Waals surface area contributed by atoms with Crippen molar-refractivity contribution in [3.8, 4) is 0 Å². The molecule has 5 heteroatoms. The number of hydrogen-bond donors (Lipinski definition) is 0. The highest BCUT2D eigenvalue weighted by molar-refractivity contribution is 7.86. The fraction of sp³-hybridized carbons (Fsp3) is 0.333. The molecule has 2 aromatic heterocycles. The Bertz CT molecular complexity index is 523. The second-order valence-electron chi connectivity index (χ2n) is 4.33. The fourth-order valence-corrected chi connectivity index (χ4v) is 5.62. The molecule has 2 rings (SSSR count). The molecule has 0 fully saturated rings. The normalized spacial score (nSPS) is 12.1. The van der Waals surface area contributed by atoms with Crippen molar-refractivity contribution in [3.05, 3.63) is 47.0 Å². The minimum atomic E-state index is -3.15. The molecule has 0 aromatic carbocycles. The summed E-state index contributed by atoms with van der Waals surface area (Å²) in [6.07, 6.45) is 0. The topological polar surface area (TPSA) is 26.9 Å². The van der Waals surface area contributed by atoms with Gasteiger partial charge in [-0.1, -0.05) is 0 Å². The van der Waals surface area contributed by atoms with E-state index in [0.29, 0.717) is 0 Å². The molecule has 0 aliphatic carbocycles. The van der Waals surface area contributed by atoms with Crippen LogP contribution in [0.15, 0.2) is 24.3 Å². The van der Waals surface area contributed by atoms with Gasteiger partial charge in [0.2, 0.25) is 0 Å². The van der Waals surface area contributed by atoms with Gasteiger partial charge in [0.1, 0.15) is 0 Å². The average molecular weight is 271 g/mol. The molecular formula is C12H16ClN2OP. The lowest BCUT2D eigenvalue weighted by atomic mass is 10.5. The molecule has 0 saturated heterocycles. The van der Waals surface area contributed by atoms with Crippen LogP contribution in [0.5, 0.6) is 0 Å². The van der Waals surface area contributed by atoms with Gasteiger partial charge >= 0.3 is 6.80 Å². The Balaban J connectivity index is 2.70. The Morgan fingerprint density at radius 2 is 1.06 bits per heavy atom. The van der Waals surface area contributed by atoms with Crippen molar-refractivity contribution in [1.82, 2.24) is 8.68 Å². The maximum absolute atomic E-state index is 12.9. The zero-order valence-corrected chi connectivity index (χ0v) is 12.1. The molecule has 0 unspecified atom stereocenters. The van der Waals surface area contributed by atoms with Gasteiger partial charge in [-0.15, -0.1) is 0 Å². The first-order valence-electron chi connectivity index (χ1n) is 5.47. The Morgan fingerprint density at radius 1 is 0.824 bits per heavy atom. The standard InChI is InChI=1S/C12H16ClN2OP/c1-9-5-6-10(2)14(9)17(13,16)15-11(3)7-8-12(15)4/h5-8H,1-4H3. The Kier molecular flexibility index (Phi) is 3.01. The molecule has 17 heavy (non-hydrogen) atoms. The van der Waals surface area contributed by atoms with Gasteiger partial charge in [0.05, 0.1) is 0 Å². The summed E-state index contributed by atoms with van der Waals surface area (Å²) in [4.78, 5) is 0. The molecule has 0 aliphatic rings. The molecule has 0 spiro atoms. The van der Waals surface area contributed by atoms with E-state index in [1.807, 2.05) is 52.0 Å². The van der Waals surface area contributed by atoms with Crippen LogP contribution in [0, 0.1) is 27.7 Å². The van der Waals surface area contributed by atoms with Crippen molar-refractivity contribution in [3.63, 3.8) is 0 Å². The summed E-state index contributed by atoms with van der Waals surface area (Å²) in [6, 6.07) is 7.72. The monoisotopic (exact) mass is 270 g/mol. The van der Waals surface area contributed by atoms with Crippen molar-refractivity contribution in [2.24, 2.45) is 0 Å². The van der Waals surface area contributed by atoms with E-state index in [1.54, 1.807) is 8.68 Å². The first kappa shape index (κ1) is 12.5. The Labute approximate surface area is 106 Å². The van der Waals surface area contributed by atoms with Crippen LogP contribution in [-0.2, 0) is 4.57 Å². The van der Waals surface area contributed by atoms with Crippen LogP contribution in [0.3, 0.4) is 0 Å². The van der Waals surface area contributed by atoms with Crippen LogP contribution in [0.4, 0.5) is 0 Å². The van der Waals surface area contributed by atoms with E-state index in [0.717, 1.165) is 22.8 Å². The molecular weight excluding hydrogens is 255 g/mol. The molecule has 0 bridgehead atoms. The van der Waals surface area contributed by atoms with Crippen molar-refractivity contribution >= 4 is 18.0 Å². The molecule has 0 N–H and O–H groups in total. The second kappa shape index (κ2) is 4.08. The lowest BCUT2D eigenvalue weighted by Crippen LogP contribution is -2.07. The smallest absolute Gasteiger partial charge is 0.271 e. The predicted molar refractivity (Wildman–Crippen MR) is 72.1 cm³/mol. The predicted octanol–water partition coefficient (Wildman–Crippen LogP) is 4.27. The maximum Gasteiger partial charge on any atom is 0.360 e. The third kappa shape index (κ3) is 1.88. The van der Waals surface area contributed by atoms with E-state index in [1.165, 1.54) is 0 Å². The SMILES string of the molecule is Cc1ccc(C)n1P(=O)(Cl)n1c(C)ccc1C. The molecule has 92 valence electrons. The van der Waals surface area contributed by atoms with E-state index in [2.05, 4.69) is 0 Å². The van der Waals surface area contributed by atoms with E-state index in [4.69, 9.17) is 11.2 Å². The van der Waals surface area contributed by atoms with Crippen molar-refractivity contribution in [2.75, 3.05) is 0 Å². The number of hydrogen-bond acceptors (Lipinski definition) is 1. The van der Waals surface area contributed by atoms with Crippen molar-refractivity contribution < 1.29 is 4.57 Å². The van der Waals surface area contributed by atoms with Crippen molar-refractivity contribution in [2.45, 2.75) is 27.7 Å². The second-order valence-corrected chi connectivity index (χ2v) is 7.40. The molecule has 0 aliphatic heterocycles. The molecule has 3 nitrogen and oxygen atoms in total. The maximum atomic E-state index is 12.9. The van der Waals surface area contributed by atoms with Crippen LogP contribution in [0.1, 0.15) is 22.8 Å². The fourth-order valence-electron chi connectivity index (χ4n) is 2.19. The summed E-state index contributed by atoms with van der Waals surface area (Å²) in [5.74, 6) is 0. The van der Waals surface area contributed by atoms with Gasteiger partial charge < -0.3 is 0 Å². The van der Waals surface area contributed by atoms with Gasteiger partial charge in [-0.25, -0.2) is 0 Å². The van der Waals surface area contributed by atoms with Gasteiger partial charge in [0, 0.05) is 22.8 Å². The van der Waals surface area contributed by atoms with Crippen LogP contribution in [0.25, 0.3) is 0 Å². The van der Waals surface area contributed by atoms with E-state index in [-0.39, 0.29) is 0 Å². The van der Waals surface area contributed by atoms with Gasteiger partial charge in [-0.3, -0.25) is 13.2 Å². The number of aryl methyl sites for hydroxylation is 4. The summed E-state index contributed by atoms with van der Waals surface area (Å²) in [5.41, 5.74) is 3.64. The largest absolute Gasteiger partial charge is 0.360 e. The quantitative estimate of drug-likeness (QED) is 0.749. The number of aromatic nitrogens is 2. The summed E-state index contributed by atoms with van der Waals surface area (Å²) in [6.45, 7) is 4.50. The van der Waals surface area contributed by atoms with E-state index >= 15 is 0 Å². The van der Waals surface area contributed by atoms with Gasteiger partial charge in [-0.05, 0) is 63.2 Å². The van der Waals surface area contributed by atoms with Crippen LogP contribution in [0.2, 0.25) is 0 Å². The first-order valence-corrected chi connectivity index (χ1v) is 7.98. The third-order valence-electron chi connectivity index (χ3n) is 2.96. The molecule has 2 aromatic rings.